The summed E-state index contributed by atoms with van der Waals surface area (Å²) in [6, 6.07) is 7.41. The van der Waals surface area contributed by atoms with Gasteiger partial charge in [0.2, 0.25) is 0 Å². The number of rotatable bonds is 23. The summed E-state index contributed by atoms with van der Waals surface area (Å²) in [4.78, 5) is 12.1. The molecule has 5 nitrogen and oxygen atoms in total. The van der Waals surface area contributed by atoms with Crippen LogP contribution in [0.2, 0.25) is 0 Å². The first-order valence-corrected chi connectivity index (χ1v) is 13.4. The number of nitrogens with one attached hydrogen (secondary N) is 1. The summed E-state index contributed by atoms with van der Waals surface area (Å²) in [5, 5.41) is 3.33. The van der Waals surface area contributed by atoms with Crippen molar-refractivity contribution < 1.29 is 19.0 Å². The number of benzene rings is 1. The van der Waals surface area contributed by atoms with Crippen LogP contribution in [0, 0.1) is 0 Å². The molecule has 0 heterocycles. The first kappa shape index (κ1) is 29.4. The molecule has 1 aromatic carbocycles. The molecule has 190 valence electrons. The molecule has 0 atom stereocenters. The fraction of sp³-hybridized carbons (Fsp3) is 0.750. The van der Waals surface area contributed by atoms with Crippen molar-refractivity contribution in [3.63, 3.8) is 0 Å². The van der Waals surface area contributed by atoms with E-state index in [1.807, 2.05) is 12.1 Å². The summed E-state index contributed by atoms with van der Waals surface area (Å²) < 4.78 is 16.4. The molecule has 0 amide bonds. The lowest BCUT2D eigenvalue weighted by Gasteiger charge is -2.08. The van der Waals surface area contributed by atoms with Gasteiger partial charge in [0.15, 0.2) is 0 Å². The molecule has 0 radical (unpaired) electrons. The number of ether oxygens (including phenoxy) is 3. The van der Waals surface area contributed by atoms with E-state index >= 15 is 0 Å². The van der Waals surface area contributed by atoms with Gasteiger partial charge in [-0.3, -0.25) is 0 Å². The van der Waals surface area contributed by atoms with Crippen LogP contribution in [0.5, 0.6) is 0 Å². The largest absolute Gasteiger partial charge is 0.460 e. The molecule has 33 heavy (non-hydrogen) atoms. The summed E-state index contributed by atoms with van der Waals surface area (Å²) in [5.41, 5.74) is 1.59. The van der Waals surface area contributed by atoms with E-state index in [0.717, 1.165) is 38.1 Å². The molecule has 0 aliphatic heterocycles. The highest BCUT2D eigenvalue weighted by molar-refractivity contribution is 5.89. The van der Waals surface area contributed by atoms with Gasteiger partial charge in [0.1, 0.15) is 6.61 Å². The number of hydrogen-bond donors (Lipinski definition) is 1. The average molecular weight is 464 g/mol. The van der Waals surface area contributed by atoms with E-state index < -0.39 is 0 Å². The minimum Gasteiger partial charge on any atom is -0.460 e. The van der Waals surface area contributed by atoms with Gasteiger partial charge in [0.05, 0.1) is 25.4 Å². The molecule has 0 aliphatic rings. The first-order chi connectivity index (χ1) is 16.3. The zero-order chi connectivity index (χ0) is 23.8. The van der Waals surface area contributed by atoms with E-state index in [-0.39, 0.29) is 12.6 Å². The highest BCUT2D eigenvalue weighted by Crippen LogP contribution is 2.12. The second-order valence-corrected chi connectivity index (χ2v) is 8.75. The fourth-order valence-electron chi connectivity index (χ4n) is 3.60. The molecule has 0 aliphatic carbocycles. The Balaban J connectivity index is 1.85. The van der Waals surface area contributed by atoms with Gasteiger partial charge in [-0.15, -0.1) is 0 Å². The first-order valence-electron chi connectivity index (χ1n) is 13.4. The van der Waals surface area contributed by atoms with Crippen molar-refractivity contribution in [2.75, 3.05) is 44.9 Å². The fourth-order valence-corrected chi connectivity index (χ4v) is 3.60. The number of anilines is 1. The van der Waals surface area contributed by atoms with Crippen LogP contribution in [0.15, 0.2) is 24.3 Å². The molecule has 0 spiro atoms. The van der Waals surface area contributed by atoms with Crippen molar-refractivity contribution >= 4 is 11.7 Å². The van der Waals surface area contributed by atoms with Gasteiger partial charge in [-0.1, -0.05) is 84.5 Å². The van der Waals surface area contributed by atoms with Crippen LogP contribution < -0.4 is 5.32 Å². The van der Waals surface area contributed by atoms with Gasteiger partial charge in [-0.2, -0.15) is 0 Å². The van der Waals surface area contributed by atoms with Crippen LogP contribution in [0.4, 0.5) is 5.69 Å². The maximum Gasteiger partial charge on any atom is 0.338 e. The van der Waals surface area contributed by atoms with Crippen molar-refractivity contribution in [2.45, 2.75) is 97.3 Å². The number of carbonyl (C=O) groups is 1. The molecule has 1 rings (SSSR count). The van der Waals surface area contributed by atoms with Crippen LogP contribution in [0.1, 0.15) is 108 Å². The molecular weight excluding hydrogens is 414 g/mol. The molecule has 0 unspecified atom stereocenters. The van der Waals surface area contributed by atoms with Crippen LogP contribution in [0.3, 0.4) is 0 Å². The second-order valence-electron chi connectivity index (χ2n) is 8.75. The van der Waals surface area contributed by atoms with Crippen molar-refractivity contribution in [1.82, 2.24) is 0 Å². The van der Waals surface area contributed by atoms with E-state index in [2.05, 4.69) is 19.2 Å². The van der Waals surface area contributed by atoms with Crippen molar-refractivity contribution in [3.05, 3.63) is 29.8 Å². The maximum atomic E-state index is 12.1. The molecule has 0 aromatic heterocycles. The predicted molar refractivity (Wildman–Crippen MR) is 138 cm³/mol. The Kier molecular flexibility index (Phi) is 19.8. The average Bonchev–Trinajstić information content (AvgIpc) is 2.83. The van der Waals surface area contributed by atoms with E-state index in [1.165, 1.54) is 64.2 Å². The normalized spacial score (nSPS) is 11.0. The summed E-state index contributed by atoms with van der Waals surface area (Å²) in [5.74, 6) is -0.313. The highest BCUT2D eigenvalue weighted by atomic mass is 16.6. The SMILES string of the molecule is CCCCCCCCCCCCCOCCOCCOC(=O)c1ccc(NCCCC)cc1. The Hall–Kier alpha value is -1.59. The van der Waals surface area contributed by atoms with E-state index in [4.69, 9.17) is 14.2 Å². The van der Waals surface area contributed by atoms with Gasteiger partial charge < -0.3 is 19.5 Å². The highest BCUT2D eigenvalue weighted by Gasteiger charge is 2.06. The standard InChI is InChI=1S/C28H49NO4/c1-3-5-7-8-9-10-11-12-13-14-15-21-31-22-23-32-24-25-33-28(30)26-16-18-27(19-17-26)29-20-6-4-2/h16-19,29H,3-15,20-25H2,1-2H3. The van der Waals surface area contributed by atoms with Crippen molar-refractivity contribution in [2.24, 2.45) is 0 Å². The van der Waals surface area contributed by atoms with Crippen LogP contribution in [0.25, 0.3) is 0 Å². The van der Waals surface area contributed by atoms with Gasteiger partial charge in [0, 0.05) is 18.8 Å². The number of carbonyl (C=O) groups excluding carboxylic acids is 1. The zero-order valence-corrected chi connectivity index (χ0v) is 21.4. The molecule has 0 bridgehead atoms. The zero-order valence-electron chi connectivity index (χ0n) is 21.4. The minimum absolute atomic E-state index is 0.258. The Labute approximate surface area is 203 Å². The smallest absolute Gasteiger partial charge is 0.338 e. The lowest BCUT2D eigenvalue weighted by Crippen LogP contribution is -2.13. The Morgan fingerprint density at radius 1 is 0.636 bits per heavy atom. The summed E-state index contributed by atoms with van der Waals surface area (Å²) in [6.07, 6.45) is 17.1. The lowest BCUT2D eigenvalue weighted by atomic mass is 10.1. The van der Waals surface area contributed by atoms with Gasteiger partial charge >= 0.3 is 5.97 Å². The third kappa shape index (κ3) is 17.5. The summed E-state index contributed by atoms with van der Waals surface area (Å²) in [7, 11) is 0. The molecule has 1 N–H and O–H groups in total. The van der Waals surface area contributed by atoms with Crippen molar-refractivity contribution in [1.29, 1.82) is 0 Å². The van der Waals surface area contributed by atoms with Crippen LogP contribution >= 0.6 is 0 Å². The van der Waals surface area contributed by atoms with Gasteiger partial charge in [-0.25, -0.2) is 4.79 Å². The Bertz CT molecular complexity index is 562. The van der Waals surface area contributed by atoms with Crippen LogP contribution in [-0.4, -0.2) is 45.5 Å². The van der Waals surface area contributed by atoms with Gasteiger partial charge in [0.25, 0.3) is 0 Å². The van der Waals surface area contributed by atoms with E-state index in [9.17, 15) is 4.79 Å². The monoisotopic (exact) mass is 463 g/mol. The summed E-state index contributed by atoms with van der Waals surface area (Å²) in [6.45, 7) is 7.96. The molecule has 0 saturated carbocycles. The molecule has 5 heteroatoms. The van der Waals surface area contributed by atoms with Gasteiger partial charge in [-0.05, 0) is 37.1 Å². The predicted octanol–water partition coefficient (Wildman–Crippen LogP) is 7.40. The Morgan fingerprint density at radius 2 is 1.15 bits per heavy atom. The number of esters is 1. The van der Waals surface area contributed by atoms with E-state index in [1.54, 1.807) is 12.1 Å². The quantitative estimate of drug-likeness (QED) is 0.135. The molecule has 0 saturated heterocycles. The number of unbranched alkanes of at least 4 members (excludes halogenated alkanes) is 11. The molecular formula is C28H49NO4. The van der Waals surface area contributed by atoms with Crippen molar-refractivity contribution in [3.8, 4) is 0 Å². The molecule has 0 fully saturated rings. The Morgan fingerprint density at radius 3 is 1.76 bits per heavy atom. The van der Waals surface area contributed by atoms with E-state index in [0.29, 0.717) is 25.4 Å². The maximum absolute atomic E-state index is 12.1. The van der Waals surface area contributed by atoms with Crippen LogP contribution in [-0.2, 0) is 14.2 Å². The molecule has 1 aromatic rings. The topological polar surface area (TPSA) is 56.8 Å². The lowest BCUT2D eigenvalue weighted by molar-refractivity contribution is 0.0141. The third-order valence-electron chi connectivity index (χ3n) is 5.71. The minimum atomic E-state index is -0.313. The number of hydrogen-bond acceptors (Lipinski definition) is 5. The summed E-state index contributed by atoms with van der Waals surface area (Å²) >= 11 is 0. The second kappa shape index (κ2) is 22.2. The third-order valence-corrected chi connectivity index (χ3v) is 5.71.